The van der Waals surface area contributed by atoms with Crippen molar-refractivity contribution in [2.24, 2.45) is 0 Å². The maximum atomic E-state index is 12.3. The van der Waals surface area contributed by atoms with Crippen LogP contribution < -0.4 is 5.32 Å². The van der Waals surface area contributed by atoms with Crippen molar-refractivity contribution < 1.29 is 13.2 Å². The molecule has 0 spiro atoms. The summed E-state index contributed by atoms with van der Waals surface area (Å²) < 4.78 is 31.3. The summed E-state index contributed by atoms with van der Waals surface area (Å²) in [5.41, 5.74) is 0. The zero-order valence-corrected chi connectivity index (χ0v) is 11.9. The van der Waals surface area contributed by atoms with E-state index in [9.17, 15) is 8.42 Å². The van der Waals surface area contributed by atoms with Crippen LogP contribution in [0, 0.1) is 0 Å². The zero-order valence-electron chi connectivity index (χ0n) is 11.1. The van der Waals surface area contributed by atoms with Gasteiger partial charge in [0.2, 0.25) is 10.0 Å². The fourth-order valence-electron chi connectivity index (χ4n) is 2.48. The number of methoxy groups -OCH3 is 1. The van der Waals surface area contributed by atoms with Gasteiger partial charge in [0.1, 0.15) is 0 Å². The van der Waals surface area contributed by atoms with Gasteiger partial charge in [0, 0.05) is 32.3 Å². The second kappa shape index (κ2) is 6.32. The van der Waals surface area contributed by atoms with E-state index in [1.54, 1.807) is 11.4 Å². The lowest BCUT2D eigenvalue weighted by Gasteiger charge is -2.25. The molecular formula is C12H24N2O3S. The number of hydrogen-bond acceptors (Lipinski definition) is 4. The van der Waals surface area contributed by atoms with Gasteiger partial charge in [-0.1, -0.05) is 0 Å². The van der Waals surface area contributed by atoms with Crippen LogP contribution in [0.15, 0.2) is 0 Å². The number of sulfonamides is 1. The maximum absolute atomic E-state index is 12.3. The first-order chi connectivity index (χ1) is 8.63. The minimum atomic E-state index is -3.11. The van der Waals surface area contributed by atoms with Crippen molar-refractivity contribution in [3.05, 3.63) is 0 Å². The second-order valence-electron chi connectivity index (χ2n) is 5.26. The van der Waals surface area contributed by atoms with Crippen molar-refractivity contribution in [2.75, 3.05) is 32.6 Å². The lowest BCUT2D eigenvalue weighted by atomic mass is 10.2. The van der Waals surface area contributed by atoms with E-state index in [0.717, 1.165) is 32.2 Å². The van der Waals surface area contributed by atoms with Gasteiger partial charge in [-0.2, -0.15) is 4.31 Å². The molecule has 1 aliphatic heterocycles. The first-order valence-corrected chi connectivity index (χ1v) is 8.46. The lowest BCUT2D eigenvalue weighted by molar-refractivity contribution is 0.199. The van der Waals surface area contributed by atoms with Crippen LogP contribution in [0.2, 0.25) is 0 Å². The summed E-state index contributed by atoms with van der Waals surface area (Å²) in [7, 11) is -1.50. The van der Waals surface area contributed by atoms with E-state index in [0.29, 0.717) is 25.6 Å². The molecule has 1 heterocycles. The highest BCUT2D eigenvalue weighted by Crippen LogP contribution is 2.30. The SMILES string of the molecule is COCCCS(=O)(=O)N(CC1CCCN1)C1CC1. The highest BCUT2D eigenvalue weighted by Gasteiger charge is 2.38. The Bertz CT molecular complexity index is 348. The van der Waals surface area contributed by atoms with E-state index < -0.39 is 10.0 Å². The molecule has 0 amide bonds. The topological polar surface area (TPSA) is 58.6 Å². The molecule has 0 bridgehead atoms. The van der Waals surface area contributed by atoms with Gasteiger partial charge in [0.05, 0.1) is 5.75 Å². The number of nitrogens with zero attached hydrogens (tertiary/aromatic N) is 1. The monoisotopic (exact) mass is 276 g/mol. The van der Waals surface area contributed by atoms with Crippen LogP contribution in [-0.4, -0.2) is 57.4 Å². The van der Waals surface area contributed by atoms with Crippen LogP contribution in [0.5, 0.6) is 0 Å². The van der Waals surface area contributed by atoms with Gasteiger partial charge >= 0.3 is 0 Å². The Morgan fingerprint density at radius 3 is 2.67 bits per heavy atom. The highest BCUT2D eigenvalue weighted by atomic mass is 32.2. The molecule has 2 aliphatic rings. The van der Waals surface area contributed by atoms with Crippen molar-refractivity contribution in [1.29, 1.82) is 0 Å². The minimum absolute atomic E-state index is 0.212. The summed E-state index contributed by atoms with van der Waals surface area (Å²) in [6, 6.07) is 0.614. The normalized spacial score (nSPS) is 24.9. The molecule has 1 atom stereocenters. The molecule has 1 N–H and O–H groups in total. The smallest absolute Gasteiger partial charge is 0.214 e. The molecule has 0 aromatic carbocycles. The summed E-state index contributed by atoms with van der Waals surface area (Å²) in [5, 5.41) is 3.38. The Morgan fingerprint density at radius 1 is 1.33 bits per heavy atom. The molecule has 6 heteroatoms. The summed E-state index contributed by atoms with van der Waals surface area (Å²) in [6.07, 6.45) is 4.89. The Kier molecular flexibility index (Phi) is 5.00. The summed E-state index contributed by atoms with van der Waals surface area (Å²) in [6.45, 7) is 2.19. The predicted molar refractivity (Wildman–Crippen MR) is 71.0 cm³/mol. The summed E-state index contributed by atoms with van der Waals surface area (Å²) in [4.78, 5) is 0. The van der Waals surface area contributed by atoms with Crippen LogP contribution in [-0.2, 0) is 14.8 Å². The molecule has 5 nitrogen and oxygen atoms in total. The quantitative estimate of drug-likeness (QED) is 0.659. The average Bonchev–Trinajstić information content (AvgIpc) is 3.03. The van der Waals surface area contributed by atoms with E-state index in [4.69, 9.17) is 4.74 Å². The Balaban J connectivity index is 1.90. The van der Waals surface area contributed by atoms with Crippen molar-refractivity contribution in [1.82, 2.24) is 9.62 Å². The van der Waals surface area contributed by atoms with Crippen molar-refractivity contribution in [3.8, 4) is 0 Å². The third-order valence-corrected chi connectivity index (χ3v) is 5.59. The molecule has 0 aromatic heterocycles. The molecule has 106 valence electrons. The number of nitrogens with one attached hydrogen (secondary N) is 1. The Morgan fingerprint density at radius 2 is 2.11 bits per heavy atom. The van der Waals surface area contributed by atoms with Crippen LogP contribution in [0.25, 0.3) is 0 Å². The van der Waals surface area contributed by atoms with E-state index in [2.05, 4.69) is 5.32 Å². The third-order valence-electron chi connectivity index (χ3n) is 3.62. The first kappa shape index (κ1) is 14.2. The molecule has 0 radical (unpaired) electrons. The van der Waals surface area contributed by atoms with Gasteiger partial charge in [0.25, 0.3) is 0 Å². The van der Waals surface area contributed by atoms with Gasteiger partial charge in [-0.3, -0.25) is 0 Å². The second-order valence-corrected chi connectivity index (χ2v) is 7.30. The van der Waals surface area contributed by atoms with Gasteiger partial charge in [0.15, 0.2) is 0 Å². The van der Waals surface area contributed by atoms with Crippen LogP contribution >= 0.6 is 0 Å². The Labute approximate surface area is 110 Å². The van der Waals surface area contributed by atoms with E-state index in [1.807, 2.05) is 0 Å². The van der Waals surface area contributed by atoms with Gasteiger partial charge in [-0.15, -0.1) is 0 Å². The minimum Gasteiger partial charge on any atom is -0.385 e. The van der Waals surface area contributed by atoms with Crippen LogP contribution in [0.1, 0.15) is 32.1 Å². The third kappa shape index (κ3) is 3.91. The zero-order chi connectivity index (χ0) is 13.0. The van der Waals surface area contributed by atoms with Crippen LogP contribution in [0.3, 0.4) is 0 Å². The first-order valence-electron chi connectivity index (χ1n) is 6.85. The summed E-state index contributed by atoms with van der Waals surface area (Å²) in [5.74, 6) is 0.212. The molecule has 1 saturated heterocycles. The highest BCUT2D eigenvalue weighted by molar-refractivity contribution is 7.89. The lowest BCUT2D eigenvalue weighted by Crippen LogP contribution is -2.43. The van der Waals surface area contributed by atoms with Gasteiger partial charge in [-0.25, -0.2) is 8.42 Å². The van der Waals surface area contributed by atoms with E-state index in [-0.39, 0.29) is 11.8 Å². The molecule has 1 saturated carbocycles. The molecule has 1 aliphatic carbocycles. The maximum Gasteiger partial charge on any atom is 0.214 e. The number of ether oxygens (including phenoxy) is 1. The molecule has 18 heavy (non-hydrogen) atoms. The molecule has 2 fully saturated rings. The number of rotatable bonds is 8. The molecule has 0 aromatic rings. The van der Waals surface area contributed by atoms with E-state index in [1.165, 1.54) is 0 Å². The van der Waals surface area contributed by atoms with Gasteiger partial charge in [-0.05, 0) is 38.6 Å². The van der Waals surface area contributed by atoms with E-state index >= 15 is 0 Å². The molecule has 2 rings (SSSR count). The molecular weight excluding hydrogens is 252 g/mol. The number of hydrogen-bond donors (Lipinski definition) is 1. The largest absolute Gasteiger partial charge is 0.385 e. The van der Waals surface area contributed by atoms with Crippen LogP contribution in [0.4, 0.5) is 0 Å². The Hall–Kier alpha value is -0.170. The van der Waals surface area contributed by atoms with Crippen molar-refractivity contribution in [3.63, 3.8) is 0 Å². The predicted octanol–water partition coefficient (Wildman–Crippen LogP) is 0.569. The van der Waals surface area contributed by atoms with Gasteiger partial charge < -0.3 is 10.1 Å². The van der Waals surface area contributed by atoms with Crippen molar-refractivity contribution in [2.45, 2.75) is 44.2 Å². The fraction of sp³-hybridized carbons (Fsp3) is 1.00. The van der Waals surface area contributed by atoms with Crippen molar-refractivity contribution >= 4 is 10.0 Å². The summed E-state index contributed by atoms with van der Waals surface area (Å²) >= 11 is 0. The fourth-order valence-corrected chi connectivity index (χ4v) is 4.27. The molecule has 1 unspecified atom stereocenters. The average molecular weight is 276 g/mol. The standard InChI is InChI=1S/C12H24N2O3S/c1-17-8-3-9-18(15,16)14(12-5-6-12)10-11-4-2-7-13-11/h11-13H,2-10H2,1H3.